The molecular formula is C15H27N3O. The van der Waals surface area contributed by atoms with Crippen LogP contribution in [0.2, 0.25) is 0 Å². The van der Waals surface area contributed by atoms with Gasteiger partial charge in [0.1, 0.15) is 0 Å². The largest absolute Gasteiger partial charge is 0.340 e. The topological polar surface area (TPSA) is 26.8 Å². The van der Waals surface area contributed by atoms with Gasteiger partial charge in [-0.3, -0.25) is 9.69 Å². The van der Waals surface area contributed by atoms with Gasteiger partial charge < -0.3 is 9.80 Å². The molecule has 3 rings (SSSR count). The molecule has 19 heavy (non-hydrogen) atoms. The molecule has 3 fully saturated rings. The fraction of sp³-hybridized carbons (Fsp3) is 0.933. The molecule has 0 aromatic carbocycles. The molecule has 0 aromatic rings. The summed E-state index contributed by atoms with van der Waals surface area (Å²) >= 11 is 0. The number of nitrogens with zero attached hydrogens (tertiary/aromatic N) is 3. The van der Waals surface area contributed by atoms with Crippen molar-refractivity contribution < 1.29 is 4.79 Å². The van der Waals surface area contributed by atoms with Crippen molar-refractivity contribution in [2.24, 2.45) is 5.92 Å². The lowest BCUT2D eigenvalue weighted by molar-refractivity contribution is -0.134. The second-order valence-electron chi connectivity index (χ2n) is 6.30. The fourth-order valence-corrected chi connectivity index (χ4v) is 3.50. The van der Waals surface area contributed by atoms with E-state index in [0.717, 1.165) is 45.1 Å². The van der Waals surface area contributed by atoms with Gasteiger partial charge in [0.2, 0.25) is 5.91 Å². The van der Waals surface area contributed by atoms with Gasteiger partial charge in [0.05, 0.1) is 0 Å². The molecule has 2 heterocycles. The highest BCUT2D eigenvalue weighted by molar-refractivity contribution is 5.81. The van der Waals surface area contributed by atoms with Gasteiger partial charge in [-0.15, -0.1) is 0 Å². The van der Waals surface area contributed by atoms with Crippen LogP contribution in [-0.2, 0) is 4.79 Å². The first-order valence-corrected chi connectivity index (χ1v) is 8.03. The van der Waals surface area contributed by atoms with Crippen LogP contribution in [0.3, 0.4) is 0 Å². The van der Waals surface area contributed by atoms with Gasteiger partial charge in [-0.25, -0.2) is 0 Å². The standard InChI is InChI=1S/C15H27N3O/c1-2-16-7-5-14(6-8-16)17-9-11-18(12-10-17)15(19)13-3-4-13/h13-14H,2-12H2,1H3. The molecule has 108 valence electrons. The molecule has 0 N–H and O–H groups in total. The van der Waals surface area contributed by atoms with Crippen molar-refractivity contribution in [1.29, 1.82) is 0 Å². The van der Waals surface area contributed by atoms with E-state index in [-0.39, 0.29) is 0 Å². The second-order valence-corrected chi connectivity index (χ2v) is 6.30. The summed E-state index contributed by atoms with van der Waals surface area (Å²) in [4.78, 5) is 19.3. The third kappa shape index (κ3) is 3.11. The van der Waals surface area contributed by atoms with Crippen LogP contribution in [0.15, 0.2) is 0 Å². The molecule has 0 spiro atoms. The maximum Gasteiger partial charge on any atom is 0.225 e. The van der Waals surface area contributed by atoms with Crippen LogP contribution >= 0.6 is 0 Å². The molecule has 3 aliphatic rings. The average Bonchev–Trinajstić information content (AvgIpc) is 3.31. The predicted octanol–water partition coefficient (Wildman–Crippen LogP) is 1.02. The van der Waals surface area contributed by atoms with E-state index in [2.05, 4.69) is 21.6 Å². The highest BCUT2D eigenvalue weighted by atomic mass is 16.2. The summed E-state index contributed by atoms with van der Waals surface area (Å²) in [5, 5.41) is 0. The summed E-state index contributed by atoms with van der Waals surface area (Å²) in [6, 6.07) is 0.765. The van der Waals surface area contributed by atoms with Crippen molar-refractivity contribution in [3.05, 3.63) is 0 Å². The zero-order chi connectivity index (χ0) is 13.2. The Morgan fingerprint density at radius 1 is 0.947 bits per heavy atom. The number of hydrogen-bond acceptors (Lipinski definition) is 3. The molecule has 4 heteroatoms. The molecule has 2 aliphatic heterocycles. The molecule has 1 saturated carbocycles. The number of hydrogen-bond donors (Lipinski definition) is 0. The SMILES string of the molecule is CCN1CCC(N2CCN(C(=O)C3CC3)CC2)CC1. The maximum atomic E-state index is 12.0. The van der Waals surface area contributed by atoms with Crippen LogP contribution in [0.25, 0.3) is 0 Å². The van der Waals surface area contributed by atoms with E-state index in [1.165, 1.54) is 32.5 Å². The van der Waals surface area contributed by atoms with Gasteiger partial charge in [-0.05, 0) is 45.3 Å². The van der Waals surface area contributed by atoms with Crippen molar-refractivity contribution in [1.82, 2.24) is 14.7 Å². The van der Waals surface area contributed by atoms with E-state index in [1.54, 1.807) is 0 Å². The first-order valence-electron chi connectivity index (χ1n) is 8.03. The number of piperazine rings is 1. The summed E-state index contributed by atoms with van der Waals surface area (Å²) in [7, 11) is 0. The monoisotopic (exact) mass is 265 g/mol. The number of rotatable bonds is 3. The zero-order valence-electron chi connectivity index (χ0n) is 12.2. The van der Waals surface area contributed by atoms with Gasteiger partial charge in [0, 0.05) is 38.1 Å². The summed E-state index contributed by atoms with van der Waals surface area (Å²) in [5.74, 6) is 0.819. The van der Waals surface area contributed by atoms with Crippen molar-refractivity contribution in [2.75, 3.05) is 45.8 Å². The van der Waals surface area contributed by atoms with E-state index in [0.29, 0.717) is 11.8 Å². The minimum Gasteiger partial charge on any atom is -0.340 e. The normalized spacial score (nSPS) is 27.7. The third-order valence-electron chi connectivity index (χ3n) is 5.07. The molecule has 0 unspecified atom stereocenters. The van der Waals surface area contributed by atoms with E-state index < -0.39 is 0 Å². The van der Waals surface area contributed by atoms with Gasteiger partial charge >= 0.3 is 0 Å². The number of carbonyl (C=O) groups excluding carboxylic acids is 1. The lowest BCUT2D eigenvalue weighted by Gasteiger charge is -2.42. The second kappa shape index (κ2) is 5.80. The molecule has 1 aliphatic carbocycles. The van der Waals surface area contributed by atoms with E-state index >= 15 is 0 Å². The smallest absolute Gasteiger partial charge is 0.225 e. The Morgan fingerprint density at radius 3 is 2.11 bits per heavy atom. The molecule has 0 radical (unpaired) electrons. The third-order valence-corrected chi connectivity index (χ3v) is 5.07. The molecule has 1 amide bonds. The first kappa shape index (κ1) is 13.4. The van der Waals surface area contributed by atoms with Crippen LogP contribution in [0, 0.1) is 5.92 Å². The number of likely N-dealkylation sites (tertiary alicyclic amines) is 1. The molecule has 0 bridgehead atoms. The Bertz CT molecular complexity index is 313. The van der Waals surface area contributed by atoms with Crippen molar-refractivity contribution in [2.45, 2.75) is 38.6 Å². The fourth-order valence-electron chi connectivity index (χ4n) is 3.50. The van der Waals surface area contributed by atoms with Crippen molar-refractivity contribution >= 4 is 5.91 Å². The highest BCUT2D eigenvalue weighted by Gasteiger charge is 2.35. The average molecular weight is 265 g/mol. The van der Waals surface area contributed by atoms with Gasteiger partial charge in [0.25, 0.3) is 0 Å². The first-order chi connectivity index (χ1) is 9.28. The summed E-state index contributed by atoms with van der Waals surface area (Å²) in [6.07, 6.45) is 4.89. The van der Waals surface area contributed by atoms with Gasteiger partial charge in [-0.1, -0.05) is 6.92 Å². The number of piperidine rings is 1. The van der Waals surface area contributed by atoms with Crippen LogP contribution in [0.5, 0.6) is 0 Å². The minimum absolute atomic E-state index is 0.388. The Hall–Kier alpha value is -0.610. The van der Waals surface area contributed by atoms with Crippen molar-refractivity contribution in [3.63, 3.8) is 0 Å². The van der Waals surface area contributed by atoms with Crippen molar-refractivity contribution in [3.8, 4) is 0 Å². The Kier molecular flexibility index (Phi) is 4.08. The quantitative estimate of drug-likeness (QED) is 0.762. The Balaban J connectivity index is 1.43. The lowest BCUT2D eigenvalue weighted by Crippen LogP contribution is -2.54. The van der Waals surface area contributed by atoms with Gasteiger partial charge in [-0.2, -0.15) is 0 Å². The summed E-state index contributed by atoms with van der Waals surface area (Å²) in [6.45, 7) is 10.1. The maximum absolute atomic E-state index is 12.0. The van der Waals surface area contributed by atoms with Gasteiger partial charge in [0.15, 0.2) is 0 Å². The Morgan fingerprint density at radius 2 is 1.58 bits per heavy atom. The molecule has 0 aromatic heterocycles. The molecule has 4 nitrogen and oxygen atoms in total. The van der Waals surface area contributed by atoms with E-state index in [1.807, 2.05) is 0 Å². The van der Waals surface area contributed by atoms with Crippen LogP contribution in [-0.4, -0.2) is 72.5 Å². The molecular weight excluding hydrogens is 238 g/mol. The number of amides is 1. The lowest BCUT2D eigenvalue weighted by atomic mass is 10.0. The predicted molar refractivity (Wildman–Crippen MR) is 76.0 cm³/mol. The van der Waals surface area contributed by atoms with Crippen LogP contribution < -0.4 is 0 Å². The van der Waals surface area contributed by atoms with Crippen LogP contribution in [0.1, 0.15) is 32.6 Å². The molecule has 2 saturated heterocycles. The Labute approximate surface area is 116 Å². The highest BCUT2D eigenvalue weighted by Crippen LogP contribution is 2.31. The van der Waals surface area contributed by atoms with E-state index in [4.69, 9.17) is 0 Å². The van der Waals surface area contributed by atoms with Crippen LogP contribution in [0.4, 0.5) is 0 Å². The summed E-state index contributed by atoms with van der Waals surface area (Å²) in [5.41, 5.74) is 0. The number of carbonyl (C=O) groups is 1. The molecule has 0 atom stereocenters. The van der Waals surface area contributed by atoms with E-state index in [9.17, 15) is 4.79 Å². The minimum atomic E-state index is 0.388. The summed E-state index contributed by atoms with van der Waals surface area (Å²) < 4.78 is 0. The zero-order valence-corrected chi connectivity index (χ0v) is 12.2.